The number of hydrogen-bond donors (Lipinski definition) is 0. The SMILES string of the molecule is O=C(OCC(=O)c1cccs1)c1ccc2c(=O)n3c(nc2c1)CCC3. The molecule has 25 heavy (non-hydrogen) atoms. The summed E-state index contributed by atoms with van der Waals surface area (Å²) < 4.78 is 6.77. The largest absolute Gasteiger partial charge is 0.454 e. The highest BCUT2D eigenvalue weighted by atomic mass is 32.1. The predicted molar refractivity (Wildman–Crippen MR) is 93.3 cm³/mol. The van der Waals surface area contributed by atoms with Crippen molar-refractivity contribution in [1.82, 2.24) is 9.55 Å². The first-order chi connectivity index (χ1) is 12.1. The van der Waals surface area contributed by atoms with Gasteiger partial charge in [0.25, 0.3) is 5.56 Å². The Labute approximate surface area is 146 Å². The molecule has 0 radical (unpaired) electrons. The van der Waals surface area contributed by atoms with E-state index in [1.165, 1.54) is 17.4 Å². The number of rotatable bonds is 4. The maximum atomic E-state index is 12.4. The van der Waals surface area contributed by atoms with Crippen molar-refractivity contribution >= 4 is 34.0 Å². The first-order valence-electron chi connectivity index (χ1n) is 7.91. The van der Waals surface area contributed by atoms with Crippen molar-refractivity contribution in [2.24, 2.45) is 0 Å². The Hall–Kier alpha value is -2.80. The number of Topliss-reactive ketones (excluding diaryl/α,β-unsaturated/α-hetero) is 1. The van der Waals surface area contributed by atoms with E-state index in [2.05, 4.69) is 4.98 Å². The normalized spacial score (nSPS) is 13.0. The summed E-state index contributed by atoms with van der Waals surface area (Å²) in [4.78, 5) is 41.6. The molecule has 4 rings (SSSR count). The lowest BCUT2D eigenvalue weighted by molar-refractivity contribution is 0.0476. The van der Waals surface area contributed by atoms with Crippen molar-refractivity contribution in [3.63, 3.8) is 0 Å². The lowest BCUT2D eigenvalue weighted by atomic mass is 10.1. The van der Waals surface area contributed by atoms with Crippen LogP contribution in [0, 0.1) is 0 Å². The van der Waals surface area contributed by atoms with E-state index in [0.717, 1.165) is 18.7 Å². The Morgan fingerprint density at radius 1 is 1.28 bits per heavy atom. The third kappa shape index (κ3) is 2.87. The number of aryl methyl sites for hydroxylation is 1. The molecule has 126 valence electrons. The van der Waals surface area contributed by atoms with Crippen molar-refractivity contribution in [3.8, 4) is 0 Å². The van der Waals surface area contributed by atoms with Gasteiger partial charge in [-0.1, -0.05) is 6.07 Å². The highest BCUT2D eigenvalue weighted by Crippen LogP contribution is 2.17. The topological polar surface area (TPSA) is 78.3 Å². The van der Waals surface area contributed by atoms with Crippen molar-refractivity contribution in [3.05, 3.63) is 62.3 Å². The van der Waals surface area contributed by atoms with Gasteiger partial charge in [0.1, 0.15) is 5.82 Å². The smallest absolute Gasteiger partial charge is 0.338 e. The van der Waals surface area contributed by atoms with Crippen LogP contribution in [-0.4, -0.2) is 27.9 Å². The summed E-state index contributed by atoms with van der Waals surface area (Å²) in [6.07, 6.45) is 1.66. The number of hydrogen-bond acceptors (Lipinski definition) is 6. The Balaban J connectivity index is 1.57. The van der Waals surface area contributed by atoms with Gasteiger partial charge in [-0.15, -0.1) is 11.3 Å². The van der Waals surface area contributed by atoms with Crippen LogP contribution in [0.5, 0.6) is 0 Å². The summed E-state index contributed by atoms with van der Waals surface area (Å²) in [6.45, 7) is 0.378. The van der Waals surface area contributed by atoms with E-state index < -0.39 is 5.97 Å². The standard InChI is InChI=1S/C18H14N2O4S/c21-14(15-3-2-8-25-15)10-24-18(23)11-5-6-12-13(9-11)19-16-4-1-7-20(16)17(12)22/h2-3,5-6,8-9H,1,4,7,10H2. The molecular weight excluding hydrogens is 340 g/mol. The third-order valence-electron chi connectivity index (χ3n) is 4.18. The molecule has 3 aromatic rings. The number of fused-ring (bicyclic) bond motifs is 2. The monoisotopic (exact) mass is 354 g/mol. The molecule has 3 heterocycles. The number of thiophene rings is 1. The summed E-state index contributed by atoms with van der Waals surface area (Å²) in [6, 6.07) is 8.13. The Morgan fingerprint density at radius 2 is 2.16 bits per heavy atom. The number of carbonyl (C=O) groups is 2. The van der Waals surface area contributed by atoms with E-state index in [-0.39, 0.29) is 23.5 Å². The maximum Gasteiger partial charge on any atom is 0.338 e. The quantitative estimate of drug-likeness (QED) is 0.531. The fourth-order valence-corrected chi connectivity index (χ4v) is 3.58. The maximum absolute atomic E-state index is 12.4. The number of esters is 1. The van der Waals surface area contributed by atoms with Gasteiger partial charge in [0.2, 0.25) is 5.78 Å². The van der Waals surface area contributed by atoms with E-state index >= 15 is 0 Å². The molecule has 0 bridgehead atoms. The minimum absolute atomic E-state index is 0.0784. The summed E-state index contributed by atoms with van der Waals surface area (Å²) >= 11 is 1.31. The van der Waals surface area contributed by atoms with Gasteiger partial charge in [0, 0.05) is 13.0 Å². The van der Waals surface area contributed by atoms with Crippen molar-refractivity contribution in [2.45, 2.75) is 19.4 Å². The number of aromatic nitrogens is 2. The van der Waals surface area contributed by atoms with Crippen molar-refractivity contribution in [1.29, 1.82) is 0 Å². The molecule has 0 atom stereocenters. The van der Waals surface area contributed by atoms with Crippen LogP contribution in [0.2, 0.25) is 0 Å². The average Bonchev–Trinajstić information content (AvgIpc) is 3.30. The number of benzene rings is 1. The van der Waals surface area contributed by atoms with E-state index in [9.17, 15) is 14.4 Å². The van der Waals surface area contributed by atoms with E-state index in [0.29, 0.717) is 22.3 Å². The van der Waals surface area contributed by atoms with E-state index in [1.54, 1.807) is 34.2 Å². The first-order valence-corrected chi connectivity index (χ1v) is 8.79. The molecule has 2 aromatic heterocycles. The molecule has 7 heteroatoms. The van der Waals surface area contributed by atoms with Crippen LogP contribution in [0.4, 0.5) is 0 Å². The van der Waals surface area contributed by atoms with E-state index in [4.69, 9.17) is 4.74 Å². The van der Waals surface area contributed by atoms with Crippen LogP contribution in [0.3, 0.4) is 0 Å². The van der Waals surface area contributed by atoms with Gasteiger partial charge in [0.15, 0.2) is 6.61 Å². The fraction of sp³-hybridized carbons (Fsp3) is 0.222. The molecule has 0 saturated carbocycles. The van der Waals surface area contributed by atoms with Crippen LogP contribution in [-0.2, 0) is 17.7 Å². The molecule has 0 unspecified atom stereocenters. The van der Waals surface area contributed by atoms with E-state index in [1.807, 2.05) is 0 Å². The Kier molecular flexibility index (Phi) is 3.93. The molecule has 1 aromatic carbocycles. The predicted octanol–water partition coefficient (Wildman–Crippen LogP) is 2.44. The number of ketones is 1. The molecule has 0 amide bonds. The summed E-state index contributed by atoms with van der Waals surface area (Å²) in [7, 11) is 0. The molecule has 0 N–H and O–H groups in total. The summed E-state index contributed by atoms with van der Waals surface area (Å²) in [5.41, 5.74) is 0.684. The zero-order valence-corrected chi connectivity index (χ0v) is 14.0. The fourth-order valence-electron chi connectivity index (χ4n) is 2.93. The van der Waals surface area contributed by atoms with Crippen molar-refractivity contribution in [2.75, 3.05) is 6.61 Å². The summed E-state index contributed by atoms with van der Waals surface area (Å²) in [5, 5.41) is 2.28. The van der Waals surface area contributed by atoms with Crippen LogP contribution < -0.4 is 5.56 Å². The first kappa shape index (κ1) is 15.7. The second kappa shape index (κ2) is 6.25. The van der Waals surface area contributed by atoms with Gasteiger partial charge >= 0.3 is 5.97 Å². The number of ether oxygens (including phenoxy) is 1. The third-order valence-corrected chi connectivity index (χ3v) is 5.09. The average molecular weight is 354 g/mol. The zero-order valence-electron chi connectivity index (χ0n) is 13.2. The van der Waals surface area contributed by atoms with Gasteiger partial charge < -0.3 is 4.74 Å². The van der Waals surface area contributed by atoms with Crippen LogP contribution in [0.1, 0.15) is 32.3 Å². The molecular formula is C18H14N2O4S. The van der Waals surface area contributed by atoms with Gasteiger partial charge in [-0.2, -0.15) is 0 Å². The lowest BCUT2D eigenvalue weighted by Crippen LogP contribution is -2.21. The minimum atomic E-state index is -0.603. The van der Waals surface area contributed by atoms with Gasteiger partial charge in [0.05, 0.1) is 21.3 Å². The lowest BCUT2D eigenvalue weighted by Gasteiger charge is -2.07. The van der Waals surface area contributed by atoms with Gasteiger partial charge in [-0.25, -0.2) is 9.78 Å². The molecule has 6 nitrogen and oxygen atoms in total. The molecule has 0 saturated heterocycles. The molecule has 0 fully saturated rings. The molecule has 0 aliphatic carbocycles. The number of nitrogens with zero attached hydrogens (tertiary/aromatic N) is 2. The molecule has 0 spiro atoms. The molecule has 1 aliphatic rings. The Morgan fingerprint density at radius 3 is 2.96 bits per heavy atom. The second-order valence-corrected chi connectivity index (χ2v) is 6.74. The highest BCUT2D eigenvalue weighted by Gasteiger charge is 2.18. The van der Waals surface area contributed by atoms with Crippen LogP contribution >= 0.6 is 11.3 Å². The number of carbonyl (C=O) groups excluding carboxylic acids is 2. The summed E-state index contributed by atoms with van der Waals surface area (Å²) in [5.74, 6) is -0.0941. The second-order valence-electron chi connectivity index (χ2n) is 5.80. The molecule has 1 aliphatic heterocycles. The zero-order chi connectivity index (χ0) is 17.4. The highest BCUT2D eigenvalue weighted by molar-refractivity contribution is 7.12. The van der Waals surface area contributed by atoms with Crippen LogP contribution in [0.15, 0.2) is 40.5 Å². The van der Waals surface area contributed by atoms with Crippen molar-refractivity contribution < 1.29 is 14.3 Å². The minimum Gasteiger partial charge on any atom is -0.454 e. The van der Waals surface area contributed by atoms with Gasteiger partial charge in [-0.3, -0.25) is 14.2 Å². The van der Waals surface area contributed by atoms with Gasteiger partial charge in [-0.05, 0) is 36.1 Å². The Bertz CT molecular complexity index is 1040. The van der Waals surface area contributed by atoms with Crippen LogP contribution in [0.25, 0.3) is 10.9 Å².